The van der Waals surface area contributed by atoms with E-state index in [4.69, 9.17) is 4.74 Å². The van der Waals surface area contributed by atoms with E-state index in [-0.39, 0.29) is 41.6 Å². The van der Waals surface area contributed by atoms with E-state index in [1.54, 1.807) is 34.1 Å². The van der Waals surface area contributed by atoms with Crippen molar-refractivity contribution in [1.82, 2.24) is 14.1 Å². The molecule has 1 N–H and O–H groups in total. The molecular weight excluding hydrogens is 530 g/mol. The van der Waals surface area contributed by atoms with Crippen molar-refractivity contribution in [3.05, 3.63) is 59.7 Å². The molecular formula is C30H39N3O6S. The van der Waals surface area contributed by atoms with Crippen molar-refractivity contribution in [3.63, 3.8) is 0 Å². The van der Waals surface area contributed by atoms with Crippen LogP contribution < -0.4 is 4.74 Å². The van der Waals surface area contributed by atoms with Gasteiger partial charge < -0.3 is 19.6 Å². The number of benzene rings is 2. The first-order chi connectivity index (χ1) is 19.2. The number of hydrogen-bond donors (Lipinski definition) is 1. The van der Waals surface area contributed by atoms with Gasteiger partial charge in [0.2, 0.25) is 21.8 Å². The molecule has 5 rings (SSSR count). The number of piperidine rings is 1. The minimum absolute atomic E-state index is 0.0220. The fraction of sp³-hybridized carbons (Fsp3) is 0.533. The number of sulfonamides is 1. The standard InChI is InChI=1S/C30H39N3O6S/c1-22-8-10-27(11-9-22)40(37,38)33-19-25-5-2-3-7-28(25)39-16-4-6-24-18-31(30(36)21-33)14-12-23(24)17-29(35)32-15-13-26(34)20-32/h2-3,5,7-11,23-24,26,34H,4,6,12-21H2,1H3/t23-,24-,26+/m0/s1. The summed E-state index contributed by atoms with van der Waals surface area (Å²) in [5.41, 5.74) is 1.66. The summed E-state index contributed by atoms with van der Waals surface area (Å²) in [6, 6.07) is 14.0. The van der Waals surface area contributed by atoms with Crippen molar-refractivity contribution >= 4 is 21.8 Å². The molecule has 0 spiro atoms. The lowest BCUT2D eigenvalue weighted by molar-refractivity contribution is -0.136. The first-order valence-electron chi connectivity index (χ1n) is 14.2. The van der Waals surface area contributed by atoms with Crippen molar-refractivity contribution in [2.75, 3.05) is 39.3 Å². The Morgan fingerprint density at radius 3 is 2.52 bits per heavy atom. The van der Waals surface area contributed by atoms with Gasteiger partial charge in [-0.15, -0.1) is 0 Å². The molecule has 0 aliphatic carbocycles. The molecule has 10 heteroatoms. The van der Waals surface area contributed by atoms with Crippen molar-refractivity contribution < 1.29 is 27.9 Å². The van der Waals surface area contributed by atoms with Gasteiger partial charge in [-0.05, 0) is 62.6 Å². The Bertz CT molecular complexity index is 1310. The van der Waals surface area contributed by atoms with Gasteiger partial charge in [-0.25, -0.2) is 8.42 Å². The molecule has 0 unspecified atom stereocenters. The molecule has 9 nitrogen and oxygen atoms in total. The second-order valence-electron chi connectivity index (χ2n) is 11.3. The third kappa shape index (κ3) is 6.50. The number of β-amino-alcohol motifs (C(OH)–C–C–N with tert-alkyl or cyclic N) is 1. The number of aliphatic hydroxyl groups is 1. The van der Waals surface area contributed by atoms with Gasteiger partial charge in [-0.2, -0.15) is 4.31 Å². The number of para-hydroxylation sites is 1. The number of aryl methyl sites for hydroxylation is 1. The highest BCUT2D eigenvalue weighted by molar-refractivity contribution is 7.89. The maximum Gasteiger partial charge on any atom is 0.243 e. The van der Waals surface area contributed by atoms with Crippen LogP contribution in [0, 0.1) is 18.8 Å². The highest BCUT2D eigenvalue weighted by Crippen LogP contribution is 2.33. The van der Waals surface area contributed by atoms with Gasteiger partial charge in [0.05, 0.1) is 24.2 Å². The molecule has 2 aromatic rings. The zero-order valence-electron chi connectivity index (χ0n) is 23.1. The van der Waals surface area contributed by atoms with E-state index in [2.05, 4.69) is 0 Å². The first-order valence-corrected chi connectivity index (χ1v) is 15.7. The quantitative estimate of drug-likeness (QED) is 0.607. The fourth-order valence-corrected chi connectivity index (χ4v) is 7.42. The van der Waals surface area contributed by atoms with Gasteiger partial charge in [-0.1, -0.05) is 35.9 Å². The monoisotopic (exact) mass is 569 g/mol. The smallest absolute Gasteiger partial charge is 0.243 e. The first kappa shape index (κ1) is 28.6. The van der Waals surface area contributed by atoms with E-state index >= 15 is 0 Å². The molecule has 2 amide bonds. The Morgan fingerprint density at radius 1 is 1.00 bits per heavy atom. The molecule has 2 bridgehead atoms. The number of fused-ring (bicyclic) bond motifs is 3. The van der Waals surface area contributed by atoms with Gasteiger partial charge in [0.1, 0.15) is 5.75 Å². The van der Waals surface area contributed by atoms with Crippen LogP contribution in [-0.4, -0.2) is 84.9 Å². The molecule has 3 aliphatic heterocycles. The number of amides is 2. The van der Waals surface area contributed by atoms with Crippen molar-refractivity contribution in [2.24, 2.45) is 11.8 Å². The average molecular weight is 570 g/mol. The number of hydrogen-bond acceptors (Lipinski definition) is 6. The number of ether oxygens (including phenoxy) is 1. The Kier molecular flexibility index (Phi) is 8.77. The number of aliphatic hydroxyl groups excluding tert-OH is 1. The van der Waals surface area contributed by atoms with E-state index < -0.39 is 16.1 Å². The molecule has 0 radical (unpaired) electrons. The Morgan fingerprint density at radius 2 is 1.77 bits per heavy atom. The lowest BCUT2D eigenvalue weighted by atomic mass is 9.80. The second kappa shape index (κ2) is 12.3. The van der Waals surface area contributed by atoms with E-state index in [1.165, 1.54) is 4.31 Å². The van der Waals surface area contributed by atoms with E-state index in [0.29, 0.717) is 63.4 Å². The van der Waals surface area contributed by atoms with Crippen LogP contribution in [0.5, 0.6) is 5.75 Å². The zero-order valence-corrected chi connectivity index (χ0v) is 23.9. The van der Waals surface area contributed by atoms with E-state index in [9.17, 15) is 23.1 Å². The lowest BCUT2D eigenvalue weighted by Crippen LogP contribution is -2.49. The van der Waals surface area contributed by atoms with Gasteiger partial charge in [0, 0.05) is 44.7 Å². The van der Waals surface area contributed by atoms with Gasteiger partial charge in [0.25, 0.3) is 0 Å². The largest absolute Gasteiger partial charge is 0.493 e. The topological polar surface area (TPSA) is 107 Å². The summed E-state index contributed by atoms with van der Waals surface area (Å²) in [6.45, 7) is 4.06. The Labute approximate surface area is 236 Å². The van der Waals surface area contributed by atoms with Crippen LogP contribution in [0.2, 0.25) is 0 Å². The number of carbonyl (C=O) groups is 2. The van der Waals surface area contributed by atoms with Crippen molar-refractivity contribution in [3.8, 4) is 5.75 Å². The van der Waals surface area contributed by atoms with E-state index in [0.717, 1.165) is 18.4 Å². The molecule has 40 heavy (non-hydrogen) atoms. The molecule has 3 atom stereocenters. The molecule has 0 aromatic heterocycles. The highest BCUT2D eigenvalue weighted by Gasteiger charge is 2.36. The van der Waals surface area contributed by atoms with Crippen molar-refractivity contribution in [2.45, 2.75) is 56.6 Å². The van der Waals surface area contributed by atoms with Gasteiger partial charge >= 0.3 is 0 Å². The maximum absolute atomic E-state index is 13.8. The molecule has 216 valence electrons. The molecule has 2 saturated heterocycles. The summed E-state index contributed by atoms with van der Waals surface area (Å²) in [5.74, 6) is 0.673. The van der Waals surface area contributed by atoms with Crippen LogP contribution in [0.4, 0.5) is 0 Å². The summed E-state index contributed by atoms with van der Waals surface area (Å²) in [6.07, 6.45) is 2.81. The molecule has 0 saturated carbocycles. The Balaban J connectivity index is 1.39. The van der Waals surface area contributed by atoms with Crippen LogP contribution in [0.1, 0.15) is 43.2 Å². The third-order valence-corrected chi connectivity index (χ3v) is 10.3. The normalized spacial score (nSPS) is 24.9. The predicted octanol–water partition coefficient (Wildman–Crippen LogP) is 2.81. The average Bonchev–Trinajstić information content (AvgIpc) is 3.38. The number of likely N-dealkylation sites (tertiary alicyclic amines) is 1. The number of nitrogens with zero attached hydrogens (tertiary/aromatic N) is 3. The highest BCUT2D eigenvalue weighted by atomic mass is 32.2. The van der Waals surface area contributed by atoms with Crippen LogP contribution in [0.25, 0.3) is 0 Å². The summed E-state index contributed by atoms with van der Waals surface area (Å²) in [7, 11) is -3.96. The molecule has 2 fully saturated rings. The third-order valence-electron chi connectivity index (χ3n) is 8.46. The van der Waals surface area contributed by atoms with Crippen LogP contribution in [0.3, 0.4) is 0 Å². The van der Waals surface area contributed by atoms with E-state index in [1.807, 2.05) is 31.2 Å². The lowest BCUT2D eigenvalue weighted by Gasteiger charge is -2.39. The predicted molar refractivity (Wildman–Crippen MR) is 150 cm³/mol. The molecule has 3 aliphatic rings. The second-order valence-corrected chi connectivity index (χ2v) is 13.3. The summed E-state index contributed by atoms with van der Waals surface area (Å²) < 4.78 is 35.0. The minimum Gasteiger partial charge on any atom is -0.493 e. The summed E-state index contributed by atoms with van der Waals surface area (Å²) in [4.78, 5) is 30.3. The Hall–Kier alpha value is -2.95. The summed E-state index contributed by atoms with van der Waals surface area (Å²) >= 11 is 0. The van der Waals surface area contributed by atoms with Crippen LogP contribution >= 0.6 is 0 Å². The van der Waals surface area contributed by atoms with Gasteiger partial charge in [0.15, 0.2) is 0 Å². The van der Waals surface area contributed by atoms with Crippen LogP contribution in [0.15, 0.2) is 53.4 Å². The maximum atomic E-state index is 13.8. The fourth-order valence-electron chi connectivity index (χ4n) is 6.05. The van der Waals surface area contributed by atoms with Crippen LogP contribution in [-0.2, 0) is 26.2 Å². The minimum atomic E-state index is -3.96. The molecule has 2 aromatic carbocycles. The summed E-state index contributed by atoms with van der Waals surface area (Å²) in [5, 5.41) is 9.86. The van der Waals surface area contributed by atoms with Gasteiger partial charge in [-0.3, -0.25) is 9.59 Å². The number of rotatable bonds is 4. The SMILES string of the molecule is Cc1ccc(S(=O)(=O)N2CC(=O)N3CC[C@@H](CC(=O)N4CC[C@@H](O)C4)[C@@H](CCCOc4ccccc4C2)C3)cc1. The zero-order chi connectivity index (χ0) is 28.3. The molecule has 3 heterocycles. The van der Waals surface area contributed by atoms with Crippen molar-refractivity contribution in [1.29, 1.82) is 0 Å². The number of carbonyl (C=O) groups excluding carboxylic acids is 2.